The lowest BCUT2D eigenvalue weighted by atomic mass is 9.93. The average molecular weight is 315 g/mol. The van der Waals surface area contributed by atoms with Gasteiger partial charge in [0.2, 0.25) is 11.8 Å². The van der Waals surface area contributed by atoms with E-state index in [0.717, 1.165) is 19.5 Å². The number of benzene rings is 1. The van der Waals surface area contributed by atoms with E-state index in [1.165, 1.54) is 11.1 Å². The van der Waals surface area contributed by atoms with Crippen LogP contribution < -0.4 is 5.32 Å². The van der Waals surface area contributed by atoms with Crippen LogP contribution >= 0.6 is 0 Å². The van der Waals surface area contributed by atoms with Crippen molar-refractivity contribution in [1.29, 1.82) is 0 Å². The lowest BCUT2D eigenvalue weighted by Crippen LogP contribution is -2.52. The summed E-state index contributed by atoms with van der Waals surface area (Å²) in [6.45, 7) is 6.93. The lowest BCUT2D eigenvalue weighted by molar-refractivity contribution is -0.141. The van der Waals surface area contributed by atoms with Crippen LogP contribution in [0.15, 0.2) is 24.3 Å². The molecule has 0 bridgehead atoms. The summed E-state index contributed by atoms with van der Waals surface area (Å²) < 4.78 is 0. The Bertz CT molecular complexity index is 602. The van der Waals surface area contributed by atoms with Gasteiger partial charge < -0.3 is 15.1 Å². The third kappa shape index (κ3) is 3.39. The first-order chi connectivity index (χ1) is 11.1. The second kappa shape index (κ2) is 6.71. The molecule has 0 saturated carbocycles. The third-order valence-corrected chi connectivity index (χ3v) is 5.04. The minimum atomic E-state index is 0.0203. The van der Waals surface area contributed by atoms with E-state index in [-0.39, 0.29) is 24.4 Å². The number of nitrogens with one attached hydrogen (secondary N) is 1. The predicted octanol–water partition coefficient (Wildman–Crippen LogP) is 1.13. The molecule has 2 aliphatic rings. The Labute approximate surface area is 137 Å². The Morgan fingerprint density at radius 2 is 2.13 bits per heavy atom. The van der Waals surface area contributed by atoms with Gasteiger partial charge in [-0.3, -0.25) is 9.59 Å². The second-order valence-corrected chi connectivity index (χ2v) is 6.68. The van der Waals surface area contributed by atoms with Gasteiger partial charge in [-0.05, 0) is 31.4 Å². The standard InChI is InChI=1S/C18H25N3O2/c1-13-5-3-4-6-16(13)15-9-14(2)21(11-15)18(23)12-20-8-7-19-10-17(20)22/h3-6,14-15,19H,7-12H2,1-2H3/t14-,15+/m1/s1. The molecule has 2 amide bonds. The van der Waals surface area contributed by atoms with Crippen LogP contribution in [0.1, 0.15) is 30.4 Å². The molecule has 5 heteroatoms. The molecule has 2 atom stereocenters. The van der Waals surface area contributed by atoms with Crippen molar-refractivity contribution in [2.75, 3.05) is 32.7 Å². The Morgan fingerprint density at radius 3 is 2.87 bits per heavy atom. The zero-order valence-electron chi connectivity index (χ0n) is 13.9. The summed E-state index contributed by atoms with van der Waals surface area (Å²) in [6.07, 6.45) is 0.992. The van der Waals surface area contributed by atoms with Crippen molar-refractivity contribution in [3.05, 3.63) is 35.4 Å². The van der Waals surface area contributed by atoms with Crippen molar-refractivity contribution in [1.82, 2.24) is 15.1 Å². The maximum atomic E-state index is 12.6. The molecular formula is C18H25N3O2. The van der Waals surface area contributed by atoms with Crippen LogP contribution in [0.25, 0.3) is 0 Å². The van der Waals surface area contributed by atoms with Gasteiger partial charge in [0.25, 0.3) is 0 Å². The molecule has 0 spiro atoms. The van der Waals surface area contributed by atoms with Crippen LogP contribution in [0.4, 0.5) is 0 Å². The number of likely N-dealkylation sites (tertiary alicyclic amines) is 1. The summed E-state index contributed by atoms with van der Waals surface area (Å²) in [5, 5.41) is 3.03. The van der Waals surface area contributed by atoms with Crippen LogP contribution in [0, 0.1) is 6.92 Å². The molecule has 5 nitrogen and oxygen atoms in total. The second-order valence-electron chi connectivity index (χ2n) is 6.68. The largest absolute Gasteiger partial charge is 0.338 e. The summed E-state index contributed by atoms with van der Waals surface area (Å²) in [5.41, 5.74) is 2.63. The molecule has 0 aliphatic carbocycles. The summed E-state index contributed by atoms with van der Waals surface area (Å²) in [4.78, 5) is 28.1. The average Bonchev–Trinajstić information content (AvgIpc) is 2.92. The van der Waals surface area contributed by atoms with Gasteiger partial charge in [-0.15, -0.1) is 0 Å². The van der Waals surface area contributed by atoms with E-state index < -0.39 is 0 Å². The minimum Gasteiger partial charge on any atom is -0.338 e. The topological polar surface area (TPSA) is 52.7 Å². The van der Waals surface area contributed by atoms with E-state index in [9.17, 15) is 9.59 Å². The Balaban J connectivity index is 1.65. The molecule has 23 heavy (non-hydrogen) atoms. The Morgan fingerprint density at radius 1 is 1.35 bits per heavy atom. The first-order valence-electron chi connectivity index (χ1n) is 8.39. The van der Waals surface area contributed by atoms with Crippen LogP contribution in [0.5, 0.6) is 0 Å². The van der Waals surface area contributed by atoms with Crippen molar-refractivity contribution < 1.29 is 9.59 Å². The van der Waals surface area contributed by atoms with Gasteiger partial charge in [0.15, 0.2) is 0 Å². The fourth-order valence-electron chi connectivity index (χ4n) is 3.72. The van der Waals surface area contributed by atoms with E-state index in [1.54, 1.807) is 4.90 Å². The molecule has 1 N–H and O–H groups in total. The molecule has 0 aromatic heterocycles. The molecule has 1 aromatic carbocycles. The van der Waals surface area contributed by atoms with Gasteiger partial charge in [-0.2, -0.15) is 0 Å². The first-order valence-corrected chi connectivity index (χ1v) is 8.39. The normalized spacial score (nSPS) is 25.0. The fraction of sp³-hybridized carbons (Fsp3) is 0.556. The number of piperazine rings is 1. The minimum absolute atomic E-state index is 0.0203. The Hall–Kier alpha value is -1.88. The zero-order chi connectivity index (χ0) is 16.4. The fourth-order valence-corrected chi connectivity index (χ4v) is 3.72. The van der Waals surface area contributed by atoms with Gasteiger partial charge in [-0.25, -0.2) is 0 Å². The molecular weight excluding hydrogens is 290 g/mol. The third-order valence-electron chi connectivity index (χ3n) is 5.04. The molecule has 3 rings (SSSR count). The molecule has 0 radical (unpaired) electrons. The lowest BCUT2D eigenvalue weighted by Gasteiger charge is -2.30. The van der Waals surface area contributed by atoms with Crippen LogP contribution in [0.3, 0.4) is 0 Å². The molecule has 2 saturated heterocycles. The monoisotopic (exact) mass is 315 g/mol. The van der Waals surface area contributed by atoms with Crippen LogP contribution in [-0.2, 0) is 9.59 Å². The summed E-state index contributed by atoms with van der Waals surface area (Å²) in [6, 6.07) is 8.64. The number of nitrogens with zero attached hydrogens (tertiary/aromatic N) is 2. The number of aryl methyl sites for hydroxylation is 1. The number of amides is 2. The van der Waals surface area contributed by atoms with Crippen molar-refractivity contribution in [2.24, 2.45) is 0 Å². The van der Waals surface area contributed by atoms with Gasteiger partial charge >= 0.3 is 0 Å². The maximum absolute atomic E-state index is 12.6. The molecule has 1 aromatic rings. The van der Waals surface area contributed by atoms with E-state index >= 15 is 0 Å². The molecule has 2 heterocycles. The van der Waals surface area contributed by atoms with E-state index in [2.05, 4.69) is 43.4 Å². The number of carbonyl (C=O) groups is 2. The molecule has 124 valence electrons. The highest BCUT2D eigenvalue weighted by Gasteiger charge is 2.34. The van der Waals surface area contributed by atoms with Crippen molar-refractivity contribution in [3.63, 3.8) is 0 Å². The van der Waals surface area contributed by atoms with Crippen LogP contribution in [-0.4, -0.2) is 60.4 Å². The molecule has 2 aliphatic heterocycles. The summed E-state index contributed by atoms with van der Waals surface area (Å²) in [5.74, 6) is 0.490. The van der Waals surface area contributed by atoms with Gasteiger partial charge in [0, 0.05) is 31.6 Å². The summed E-state index contributed by atoms with van der Waals surface area (Å²) >= 11 is 0. The number of hydrogen-bond donors (Lipinski definition) is 1. The highest BCUT2D eigenvalue weighted by atomic mass is 16.2. The molecule has 0 unspecified atom stereocenters. The van der Waals surface area contributed by atoms with E-state index in [1.807, 2.05) is 4.90 Å². The number of carbonyl (C=O) groups excluding carboxylic acids is 2. The van der Waals surface area contributed by atoms with Gasteiger partial charge in [0.1, 0.15) is 0 Å². The van der Waals surface area contributed by atoms with E-state index in [4.69, 9.17) is 0 Å². The van der Waals surface area contributed by atoms with Crippen molar-refractivity contribution in [3.8, 4) is 0 Å². The first kappa shape index (κ1) is 16.0. The highest BCUT2D eigenvalue weighted by Crippen LogP contribution is 2.33. The van der Waals surface area contributed by atoms with Gasteiger partial charge in [0.05, 0.1) is 13.1 Å². The molecule has 2 fully saturated rings. The quantitative estimate of drug-likeness (QED) is 0.910. The maximum Gasteiger partial charge on any atom is 0.242 e. The van der Waals surface area contributed by atoms with Gasteiger partial charge in [-0.1, -0.05) is 24.3 Å². The highest BCUT2D eigenvalue weighted by molar-refractivity contribution is 5.86. The Kier molecular flexibility index (Phi) is 4.66. The summed E-state index contributed by atoms with van der Waals surface area (Å²) in [7, 11) is 0. The number of hydrogen-bond acceptors (Lipinski definition) is 3. The predicted molar refractivity (Wildman–Crippen MR) is 89.2 cm³/mol. The van der Waals surface area contributed by atoms with E-state index in [0.29, 0.717) is 19.0 Å². The smallest absolute Gasteiger partial charge is 0.242 e. The SMILES string of the molecule is Cc1ccccc1[C@H]1C[C@@H](C)N(C(=O)CN2CCNCC2=O)C1. The number of rotatable bonds is 3. The van der Waals surface area contributed by atoms with Crippen LogP contribution in [0.2, 0.25) is 0 Å². The zero-order valence-corrected chi connectivity index (χ0v) is 13.9. The van der Waals surface area contributed by atoms with Crippen molar-refractivity contribution in [2.45, 2.75) is 32.2 Å². The van der Waals surface area contributed by atoms with Crippen molar-refractivity contribution >= 4 is 11.8 Å².